The highest BCUT2D eigenvalue weighted by Gasteiger charge is 2.41. The van der Waals surface area contributed by atoms with Crippen molar-refractivity contribution in [2.75, 3.05) is 19.3 Å². The molecule has 0 aromatic carbocycles. The molecule has 2 heterocycles. The first-order valence-corrected chi connectivity index (χ1v) is 14.7. The Bertz CT molecular complexity index is 1160. The van der Waals surface area contributed by atoms with Crippen LogP contribution in [0.25, 0.3) is 0 Å². The number of rotatable bonds is 10. The van der Waals surface area contributed by atoms with E-state index in [-0.39, 0.29) is 53.8 Å². The Labute approximate surface area is 223 Å². The SMILES string of the molecule is CCS(=O)(=O)c1ccc(CN(C)C(=O)c2ccc(C(NCC3CCC(C(F)(F)F)CC3)C(C)C)nc2)nc1. The number of alkyl halides is 3. The fraction of sp³-hybridized carbons (Fsp3) is 0.593. The summed E-state index contributed by atoms with van der Waals surface area (Å²) in [4.78, 5) is 23.3. The van der Waals surface area contributed by atoms with E-state index in [0.717, 1.165) is 5.69 Å². The highest BCUT2D eigenvalue weighted by atomic mass is 32.2. The Balaban J connectivity index is 1.57. The molecule has 1 aliphatic carbocycles. The summed E-state index contributed by atoms with van der Waals surface area (Å²) in [6.07, 6.45) is 0.218. The van der Waals surface area contributed by atoms with Crippen molar-refractivity contribution in [3.05, 3.63) is 53.6 Å². The molecule has 1 unspecified atom stereocenters. The molecule has 0 aliphatic heterocycles. The van der Waals surface area contributed by atoms with Gasteiger partial charge in [-0.2, -0.15) is 13.2 Å². The molecular formula is C27H37F3N4O3S. The smallest absolute Gasteiger partial charge is 0.336 e. The molecule has 1 atom stereocenters. The zero-order chi connectivity index (χ0) is 28.1. The number of nitrogens with zero attached hydrogens (tertiary/aromatic N) is 3. The molecule has 210 valence electrons. The van der Waals surface area contributed by atoms with Gasteiger partial charge in [-0.1, -0.05) is 20.8 Å². The Morgan fingerprint density at radius 2 is 1.76 bits per heavy atom. The zero-order valence-corrected chi connectivity index (χ0v) is 23.1. The van der Waals surface area contributed by atoms with E-state index in [9.17, 15) is 26.4 Å². The van der Waals surface area contributed by atoms with E-state index in [2.05, 4.69) is 29.1 Å². The van der Waals surface area contributed by atoms with Crippen LogP contribution in [0.2, 0.25) is 0 Å². The monoisotopic (exact) mass is 554 g/mol. The van der Waals surface area contributed by atoms with E-state index in [1.165, 1.54) is 23.4 Å². The fourth-order valence-electron chi connectivity index (χ4n) is 4.78. The van der Waals surface area contributed by atoms with Gasteiger partial charge in [0.1, 0.15) is 0 Å². The van der Waals surface area contributed by atoms with E-state index in [0.29, 0.717) is 30.6 Å². The average Bonchev–Trinajstić information content (AvgIpc) is 2.88. The fourth-order valence-corrected chi connectivity index (χ4v) is 5.60. The van der Waals surface area contributed by atoms with Crippen LogP contribution >= 0.6 is 0 Å². The lowest BCUT2D eigenvalue weighted by atomic mass is 9.81. The van der Waals surface area contributed by atoms with Crippen molar-refractivity contribution in [1.82, 2.24) is 20.2 Å². The topological polar surface area (TPSA) is 92.3 Å². The standard InChI is InChI=1S/C27H37F3N4O3S/c1-5-38(36,37)23-12-11-22(31-16-23)17-34(4)26(35)20-8-13-24(32-15-20)25(18(2)3)33-14-19-6-9-21(10-7-19)27(28,29)30/h8,11-13,15-16,18-19,21,25,33H,5-7,9-10,14,17H2,1-4H3. The predicted molar refractivity (Wildman–Crippen MR) is 139 cm³/mol. The highest BCUT2D eigenvalue weighted by molar-refractivity contribution is 7.91. The number of halogens is 3. The predicted octanol–water partition coefficient (Wildman–Crippen LogP) is 5.20. The summed E-state index contributed by atoms with van der Waals surface area (Å²) in [7, 11) is -1.70. The van der Waals surface area contributed by atoms with Crippen LogP contribution in [0.3, 0.4) is 0 Å². The molecule has 2 aromatic heterocycles. The molecule has 38 heavy (non-hydrogen) atoms. The summed E-state index contributed by atoms with van der Waals surface area (Å²) in [5.74, 6) is -1.03. The lowest BCUT2D eigenvalue weighted by molar-refractivity contribution is -0.183. The van der Waals surface area contributed by atoms with Crippen molar-refractivity contribution < 1.29 is 26.4 Å². The molecule has 0 saturated heterocycles. The number of sulfone groups is 1. The van der Waals surface area contributed by atoms with Gasteiger partial charge in [0.25, 0.3) is 5.91 Å². The molecular weight excluding hydrogens is 517 g/mol. The Kier molecular flexibility index (Phi) is 9.91. The van der Waals surface area contributed by atoms with Crippen molar-refractivity contribution in [3.63, 3.8) is 0 Å². The summed E-state index contributed by atoms with van der Waals surface area (Å²) < 4.78 is 62.8. The molecule has 0 bridgehead atoms. The zero-order valence-electron chi connectivity index (χ0n) is 22.3. The van der Waals surface area contributed by atoms with Crippen LogP contribution in [0.15, 0.2) is 41.6 Å². The van der Waals surface area contributed by atoms with Crippen molar-refractivity contribution in [2.45, 2.75) is 70.1 Å². The summed E-state index contributed by atoms with van der Waals surface area (Å²) in [5, 5.41) is 3.49. The Morgan fingerprint density at radius 1 is 1.08 bits per heavy atom. The molecule has 1 N–H and O–H groups in total. The number of carbonyl (C=O) groups is 1. The molecule has 0 radical (unpaired) electrons. The molecule has 3 rings (SSSR count). The first-order valence-electron chi connectivity index (χ1n) is 13.0. The Hall–Kier alpha value is -2.53. The van der Waals surface area contributed by atoms with Gasteiger partial charge in [-0.25, -0.2) is 8.42 Å². The van der Waals surface area contributed by atoms with Gasteiger partial charge < -0.3 is 10.2 Å². The number of amides is 1. The summed E-state index contributed by atoms with van der Waals surface area (Å²) in [5.41, 5.74) is 1.75. The first-order chi connectivity index (χ1) is 17.8. The molecule has 2 aromatic rings. The lowest BCUT2D eigenvalue weighted by Crippen LogP contribution is -2.35. The highest BCUT2D eigenvalue weighted by Crippen LogP contribution is 2.39. The van der Waals surface area contributed by atoms with Crippen molar-refractivity contribution in [2.24, 2.45) is 17.8 Å². The maximum atomic E-state index is 12.9. The minimum Gasteiger partial charge on any atom is -0.336 e. The van der Waals surface area contributed by atoms with Crippen LogP contribution in [-0.2, 0) is 16.4 Å². The van der Waals surface area contributed by atoms with Gasteiger partial charge in [0.15, 0.2) is 9.84 Å². The van der Waals surface area contributed by atoms with Crippen LogP contribution < -0.4 is 5.32 Å². The number of carbonyl (C=O) groups excluding carboxylic acids is 1. The molecule has 11 heteroatoms. The largest absolute Gasteiger partial charge is 0.391 e. The summed E-state index contributed by atoms with van der Waals surface area (Å²) in [6.45, 7) is 6.51. The third kappa shape index (κ3) is 7.75. The van der Waals surface area contributed by atoms with Crippen LogP contribution in [-0.4, -0.2) is 54.7 Å². The third-order valence-corrected chi connectivity index (χ3v) is 8.96. The molecule has 0 spiro atoms. The second-order valence-electron chi connectivity index (χ2n) is 10.4. The summed E-state index contributed by atoms with van der Waals surface area (Å²) in [6, 6.07) is 6.54. The van der Waals surface area contributed by atoms with Gasteiger partial charge in [0.05, 0.1) is 46.1 Å². The molecule has 1 amide bonds. The van der Waals surface area contributed by atoms with Crippen LogP contribution in [0.1, 0.15) is 74.2 Å². The van der Waals surface area contributed by atoms with E-state index in [1.807, 2.05) is 6.07 Å². The number of aromatic nitrogens is 2. The van der Waals surface area contributed by atoms with Gasteiger partial charge in [0.2, 0.25) is 0 Å². The van der Waals surface area contributed by atoms with Crippen molar-refractivity contribution in [3.8, 4) is 0 Å². The molecule has 7 nitrogen and oxygen atoms in total. The second-order valence-corrected chi connectivity index (χ2v) is 12.7. The van der Waals surface area contributed by atoms with Crippen LogP contribution in [0, 0.1) is 17.8 Å². The minimum atomic E-state index is -4.10. The van der Waals surface area contributed by atoms with Crippen LogP contribution in [0.5, 0.6) is 0 Å². The first kappa shape index (κ1) is 30.0. The van der Waals surface area contributed by atoms with Gasteiger partial charge in [0, 0.05) is 19.4 Å². The van der Waals surface area contributed by atoms with Gasteiger partial charge in [-0.15, -0.1) is 0 Å². The van der Waals surface area contributed by atoms with E-state index >= 15 is 0 Å². The lowest BCUT2D eigenvalue weighted by Gasteiger charge is -2.31. The van der Waals surface area contributed by atoms with Gasteiger partial charge in [-0.05, 0) is 68.3 Å². The summed E-state index contributed by atoms with van der Waals surface area (Å²) >= 11 is 0. The second kappa shape index (κ2) is 12.5. The maximum absolute atomic E-state index is 12.9. The van der Waals surface area contributed by atoms with Crippen LogP contribution in [0.4, 0.5) is 13.2 Å². The van der Waals surface area contributed by atoms with E-state index in [1.54, 1.807) is 26.1 Å². The average molecular weight is 555 g/mol. The van der Waals surface area contributed by atoms with E-state index < -0.39 is 21.9 Å². The van der Waals surface area contributed by atoms with Gasteiger partial charge >= 0.3 is 6.18 Å². The van der Waals surface area contributed by atoms with E-state index in [4.69, 9.17) is 0 Å². The minimum absolute atomic E-state index is 0.00837. The molecule has 1 saturated carbocycles. The van der Waals surface area contributed by atoms with Crippen molar-refractivity contribution >= 4 is 15.7 Å². The number of hydrogen-bond donors (Lipinski definition) is 1. The number of pyridine rings is 2. The number of hydrogen-bond acceptors (Lipinski definition) is 6. The molecule has 1 fully saturated rings. The molecule has 1 aliphatic rings. The number of nitrogens with one attached hydrogen (secondary N) is 1. The van der Waals surface area contributed by atoms with Crippen molar-refractivity contribution in [1.29, 1.82) is 0 Å². The quantitative estimate of drug-likeness (QED) is 0.434. The third-order valence-electron chi connectivity index (χ3n) is 7.24. The Morgan fingerprint density at radius 3 is 2.26 bits per heavy atom. The normalized spacial score (nSPS) is 19.4. The van der Waals surface area contributed by atoms with Gasteiger partial charge in [-0.3, -0.25) is 14.8 Å². The maximum Gasteiger partial charge on any atom is 0.391 e.